The molecule has 1 N–H and O–H groups in total. The minimum Gasteiger partial charge on any atom is -0.338 e. The normalized spacial score (nSPS) is 14.9. The maximum absolute atomic E-state index is 12.9. The third-order valence-electron chi connectivity index (χ3n) is 3.07. The number of hydrogen-bond acceptors (Lipinski definition) is 1. The zero-order valence-corrected chi connectivity index (χ0v) is 10.1. The average molecular weight is 254 g/mol. The molecule has 1 saturated heterocycles. The van der Waals surface area contributed by atoms with Crippen LogP contribution < -0.4 is 5.32 Å². The molecule has 0 aliphatic carbocycles. The Hall–Kier alpha value is -1.65. The second-order valence-corrected chi connectivity index (χ2v) is 4.42. The zero-order chi connectivity index (χ0) is 13.0. The van der Waals surface area contributed by atoms with E-state index >= 15 is 0 Å². The van der Waals surface area contributed by atoms with Gasteiger partial charge in [-0.05, 0) is 37.0 Å². The standard InChI is InChI=1S/C13H16F2N2O/c14-11-4-3-10(9-12(11)15)5-6-16-13(18)17-7-1-2-8-17/h3-4,9H,1-2,5-8H2,(H,16,18). The number of amides is 2. The van der Waals surface area contributed by atoms with E-state index in [4.69, 9.17) is 0 Å². The Bertz CT molecular complexity index is 431. The Labute approximate surface area is 105 Å². The number of benzene rings is 1. The molecular formula is C13H16F2N2O. The number of halogens is 2. The molecule has 0 radical (unpaired) electrons. The highest BCUT2D eigenvalue weighted by Crippen LogP contribution is 2.09. The van der Waals surface area contributed by atoms with E-state index in [0.29, 0.717) is 18.5 Å². The summed E-state index contributed by atoms with van der Waals surface area (Å²) in [5.41, 5.74) is 0.677. The number of nitrogens with one attached hydrogen (secondary N) is 1. The van der Waals surface area contributed by atoms with Gasteiger partial charge in [-0.25, -0.2) is 13.6 Å². The lowest BCUT2D eigenvalue weighted by Crippen LogP contribution is -2.38. The maximum atomic E-state index is 12.9. The Kier molecular flexibility index (Phi) is 4.12. The van der Waals surface area contributed by atoms with Crippen LogP contribution >= 0.6 is 0 Å². The van der Waals surface area contributed by atoms with Crippen LogP contribution in [0.5, 0.6) is 0 Å². The van der Waals surface area contributed by atoms with Gasteiger partial charge < -0.3 is 10.2 Å². The molecule has 3 nitrogen and oxygen atoms in total. The molecule has 98 valence electrons. The molecule has 0 unspecified atom stereocenters. The summed E-state index contributed by atoms with van der Waals surface area (Å²) in [6.07, 6.45) is 2.60. The Balaban J connectivity index is 1.77. The summed E-state index contributed by atoms with van der Waals surface area (Å²) in [6.45, 7) is 2.04. The highest BCUT2D eigenvalue weighted by atomic mass is 19.2. The zero-order valence-electron chi connectivity index (χ0n) is 10.1. The summed E-state index contributed by atoms with van der Waals surface area (Å²) in [7, 11) is 0. The molecule has 0 spiro atoms. The van der Waals surface area contributed by atoms with Gasteiger partial charge in [-0.2, -0.15) is 0 Å². The van der Waals surface area contributed by atoms with Crippen LogP contribution in [0, 0.1) is 11.6 Å². The largest absolute Gasteiger partial charge is 0.338 e. The summed E-state index contributed by atoms with van der Waals surface area (Å²) in [5, 5.41) is 2.78. The minimum atomic E-state index is -0.849. The molecule has 0 bridgehead atoms. The van der Waals surface area contributed by atoms with Gasteiger partial charge in [0.15, 0.2) is 11.6 Å². The molecule has 0 aromatic heterocycles. The van der Waals surface area contributed by atoms with Crippen LogP contribution in [0.1, 0.15) is 18.4 Å². The second kappa shape index (κ2) is 5.80. The first-order valence-electron chi connectivity index (χ1n) is 6.13. The van der Waals surface area contributed by atoms with Crippen molar-refractivity contribution in [2.45, 2.75) is 19.3 Å². The third kappa shape index (κ3) is 3.18. The van der Waals surface area contributed by atoms with E-state index in [2.05, 4.69) is 5.32 Å². The number of urea groups is 1. The van der Waals surface area contributed by atoms with E-state index in [-0.39, 0.29) is 6.03 Å². The molecule has 0 saturated carbocycles. The van der Waals surface area contributed by atoms with E-state index in [9.17, 15) is 13.6 Å². The number of carbonyl (C=O) groups excluding carboxylic acids is 1. The molecule has 1 aliphatic rings. The van der Waals surface area contributed by atoms with Gasteiger partial charge in [0.25, 0.3) is 0 Å². The molecule has 1 aliphatic heterocycles. The fourth-order valence-corrected chi connectivity index (χ4v) is 2.04. The maximum Gasteiger partial charge on any atom is 0.317 e. The molecule has 5 heteroatoms. The quantitative estimate of drug-likeness (QED) is 0.882. The van der Waals surface area contributed by atoms with Crippen LogP contribution in [0.3, 0.4) is 0 Å². The third-order valence-corrected chi connectivity index (χ3v) is 3.07. The smallest absolute Gasteiger partial charge is 0.317 e. The van der Waals surface area contributed by atoms with Gasteiger partial charge in [0, 0.05) is 19.6 Å². The van der Waals surface area contributed by atoms with Crippen LogP contribution in [0.25, 0.3) is 0 Å². The molecular weight excluding hydrogens is 238 g/mol. The van der Waals surface area contributed by atoms with Crippen molar-refractivity contribution >= 4 is 6.03 Å². The van der Waals surface area contributed by atoms with E-state index in [1.807, 2.05) is 0 Å². The average Bonchev–Trinajstić information content (AvgIpc) is 2.87. The lowest BCUT2D eigenvalue weighted by molar-refractivity contribution is 0.209. The molecule has 2 amide bonds. The monoisotopic (exact) mass is 254 g/mol. The molecule has 1 aromatic rings. The molecule has 0 atom stereocenters. The summed E-state index contributed by atoms with van der Waals surface area (Å²) in [5.74, 6) is -1.70. The van der Waals surface area contributed by atoms with Crippen molar-refractivity contribution in [3.63, 3.8) is 0 Å². The van der Waals surface area contributed by atoms with Crippen LogP contribution in [0.15, 0.2) is 18.2 Å². The van der Waals surface area contributed by atoms with Crippen molar-refractivity contribution in [3.05, 3.63) is 35.4 Å². The molecule has 1 fully saturated rings. The van der Waals surface area contributed by atoms with E-state index < -0.39 is 11.6 Å². The van der Waals surface area contributed by atoms with Crippen LogP contribution in [-0.4, -0.2) is 30.6 Å². The van der Waals surface area contributed by atoms with E-state index in [1.165, 1.54) is 6.07 Å². The van der Waals surface area contributed by atoms with Crippen molar-refractivity contribution in [1.29, 1.82) is 0 Å². The molecule has 1 aromatic carbocycles. The number of hydrogen-bond donors (Lipinski definition) is 1. The fourth-order valence-electron chi connectivity index (χ4n) is 2.04. The van der Waals surface area contributed by atoms with Gasteiger partial charge in [0.05, 0.1) is 0 Å². The number of likely N-dealkylation sites (tertiary alicyclic amines) is 1. The van der Waals surface area contributed by atoms with Gasteiger partial charge in [-0.3, -0.25) is 0 Å². The van der Waals surface area contributed by atoms with Crippen LogP contribution in [0.2, 0.25) is 0 Å². The Morgan fingerprint density at radius 1 is 1.22 bits per heavy atom. The lowest BCUT2D eigenvalue weighted by Gasteiger charge is -2.16. The Morgan fingerprint density at radius 3 is 2.61 bits per heavy atom. The first kappa shape index (κ1) is 12.8. The predicted octanol–water partition coefficient (Wildman–Crippen LogP) is 2.31. The van der Waals surface area contributed by atoms with Crippen LogP contribution in [-0.2, 0) is 6.42 Å². The van der Waals surface area contributed by atoms with Gasteiger partial charge in [-0.1, -0.05) is 6.07 Å². The highest BCUT2D eigenvalue weighted by Gasteiger charge is 2.16. The van der Waals surface area contributed by atoms with Crippen molar-refractivity contribution in [1.82, 2.24) is 10.2 Å². The van der Waals surface area contributed by atoms with Crippen molar-refractivity contribution < 1.29 is 13.6 Å². The first-order chi connectivity index (χ1) is 8.66. The number of carbonyl (C=O) groups is 1. The van der Waals surface area contributed by atoms with Gasteiger partial charge in [0.2, 0.25) is 0 Å². The summed E-state index contributed by atoms with van der Waals surface area (Å²) in [6, 6.07) is 3.72. The van der Waals surface area contributed by atoms with E-state index in [1.54, 1.807) is 4.90 Å². The fraction of sp³-hybridized carbons (Fsp3) is 0.462. The predicted molar refractivity (Wildman–Crippen MR) is 64.3 cm³/mol. The number of rotatable bonds is 3. The SMILES string of the molecule is O=C(NCCc1ccc(F)c(F)c1)N1CCCC1. The highest BCUT2D eigenvalue weighted by molar-refractivity contribution is 5.74. The van der Waals surface area contributed by atoms with Crippen molar-refractivity contribution in [2.75, 3.05) is 19.6 Å². The topological polar surface area (TPSA) is 32.3 Å². The minimum absolute atomic E-state index is 0.0740. The van der Waals surface area contributed by atoms with Gasteiger partial charge in [-0.15, -0.1) is 0 Å². The molecule has 1 heterocycles. The van der Waals surface area contributed by atoms with Gasteiger partial charge >= 0.3 is 6.03 Å². The van der Waals surface area contributed by atoms with Crippen molar-refractivity contribution in [2.24, 2.45) is 0 Å². The van der Waals surface area contributed by atoms with E-state index in [0.717, 1.165) is 38.1 Å². The molecule has 2 rings (SSSR count). The summed E-state index contributed by atoms with van der Waals surface area (Å²) < 4.78 is 25.6. The second-order valence-electron chi connectivity index (χ2n) is 4.42. The van der Waals surface area contributed by atoms with Crippen molar-refractivity contribution in [3.8, 4) is 0 Å². The first-order valence-corrected chi connectivity index (χ1v) is 6.13. The summed E-state index contributed by atoms with van der Waals surface area (Å²) >= 11 is 0. The lowest BCUT2D eigenvalue weighted by atomic mass is 10.1. The summed E-state index contributed by atoms with van der Waals surface area (Å²) in [4.78, 5) is 13.4. The Morgan fingerprint density at radius 2 is 1.94 bits per heavy atom. The molecule has 18 heavy (non-hydrogen) atoms. The van der Waals surface area contributed by atoms with Gasteiger partial charge in [0.1, 0.15) is 0 Å². The number of nitrogens with zero attached hydrogens (tertiary/aromatic N) is 1. The van der Waals surface area contributed by atoms with Crippen LogP contribution in [0.4, 0.5) is 13.6 Å².